The number of aryl methyl sites for hydroxylation is 1. The van der Waals surface area contributed by atoms with Crippen LogP contribution in [0, 0.1) is 6.92 Å². The summed E-state index contributed by atoms with van der Waals surface area (Å²) in [5, 5.41) is 7.59. The summed E-state index contributed by atoms with van der Waals surface area (Å²) in [7, 11) is 0. The molecular weight excluding hydrogens is 308 g/mol. The van der Waals surface area contributed by atoms with Gasteiger partial charge in [-0.2, -0.15) is 4.98 Å². The lowest BCUT2D eigenvalue weighted by molar-refractivity contribution is 0.462. The van der Waals surface area contributed by atoms with Crippen LogP contribution in [0.5, 0.6) is 0 Å². The molecule has 1 aliphatic carbocycles. The van der Waals surface area contributed by atoms with Crippen LogP contribution in [0.25, 0.3) is 0 Å². The van der Waals surface area contributed by atoms with E-state index in [0.29, 0.717) is 18.5 Å². The van der Waals surface area contributed by atoms with Gasteiger partial charge in [0, 0.05) is 29.4 Å². The first-order valence-corrected chi connectivity index (χ1v) is 8.68. The number of hydrogen-bond donors (Lipinski definition) is 2. The Morgan fingerprint density at radius 2 is 1.91 bits per heavy atom. The fraction of sp³-hybridized carbons (Fsp3) is 0.444. The van der Waals surface area contributed by atoms with Crippen LogP contribution in [-0.2, 0) is 6.54 Å². The van der Waals surface area contributed by atoms with Crippen molar-refractivity contribution in [3.05, 3.63) is 46.6 Å². The van der Waals surface area contributed by atoms with Crippen LogP contribution in [0.1, 0.15) is 43.4 Å². The first-order chi connectivity index (χ1) is 11.2. The maximum absolute atomic E-state index is 6.19. The van der Waals surface area contributed by atoms with Crippen LogP contribution in [-0.4, -0.2) is 16.0 Å². The molecule has 1 aromatic carbocycles. The van der Waals surface area contributed by atoms with Crippen molar-refractivity contribution in [1.29, 1.82) is 0 Å². The Hall–Kier alpha value is -1.81. The zero-order chi connectivity index (χ0) is 16.1. The summed E-state index contributed by atoms with van der Waals surface area (Å²) < 4.78 is 0. The van der Waals surface area contributed by atoms with Crippen LogP contribution in [0.3, 0.4) is 0 Å². The Morgan fingerprint density at radius 1 is 1.13 bits per heavy atom. The van der Waals surface area contributed by atoms with E-state index in [1.54, 1.807) is 0 Å². The van der Waals surface area contributed by atoms with Gasteiger partial charge >= 0.3 is 0 Å². The molecule has 2 N–H and O–H groups in total. The number of aromatic nitrogens is 2. The highest BCUT2D eigenvalue weighted by molar-refractivity contribution is 6.31. The van der Waals surface area contributed by atoms with E-state index in [0.717, 1.165) is 22.1 Å². The second-order valence-corrected chi connectivity index (χ2v) is 6.55. The number of halogens is 1. The van der Waals surface area contributed by atoms with Crippen molar-refractivity contribution in [3.63, 3.8) is 0 Å². The summed E-state index contributed by atoms with van der Waals surface area (Å²) in [6.07, 6.45) is 6.42. The highest BCUT2D eigenvalue weighted by atomic mass is 35.5. The van der Waals surface area contributed by atoms with E-state index in [4.69, 9.17) is 11.6 Å². The minimum Gasteiger partial charge on any atom is -0.367 e. The standard InChI is InChI=1S/C18H23ClN4/c1-13-11-17(22-15-8-3-2-4-9-15)23-18(21-13)20-12-14-7-5-6-10-16(14)19/h5-7,10-11,15H,2-4,8-9,12H2,1H3,(H2,20,21,22,23). The van der Waals surface area contributed by atoms with Crippen molar-refractivity contribution >= 4 is 23.4 Å². The average Bonchev–Trinajstić information content (AvgIpc) is 2.54. The van der Waals surface area contributed by atoms with Gasteiger partial charge in [0.1, 0.15) is 5.82 Å². The summed E-state index contributed by atoms with van der Waals surface area (Å²) >= 11 is 6.19. The number of nitrogens with one attached hydrogen (secondary N) is 2. The Morgan fingerprint density at radius 3 is 2.70 bits per heavy atom. The van der Waals surface area contributed by atoms with Gasteiger partial charge in [-0.25, -0.2) is 4.98 Å². The minimum absolute atomic E-state index is 0.537. The SMILES string of the molecule is Cc1cc(NC2CCCCC2)nc(NCc2ccccc2Cl)n1. The molecule has 0 bridgehead atoms. The Kier molecular flexibility index (Phi) is 5.34. The second kappa shape index (κ2) is 7.64. The fourth-order valence-electron chi connectivity index (χ4n) is 2.99. The van der Waals surface area contributed by atoms with Gasteiger partial charge in [0.25, 0.3) is 0 Å². The lowest BCUT2D eigenvalue weighted by Gasteiger charge is -2.23. The summed E-state index contributed by atoms with van der Waals surface area (Å²) in [4.78, 5) is 9.06. The van der Waals surface area contributed by atoms with Crippen LogP contribution >= 0.6 is 11.6 Å². The van der Waals surface area contributed by atoms with Crippen molar-refractivity contribution in [1.82, 2.24) is 9.97 Å². The number of nitrogens with zero attached hydrogens (tertiary/aromatic N) is 2. The van der Waals surface area contributed by atoms with Crippen molar-refractivity contribution in [2.24, 2.45) is 0 Å². The average molecular weight is 331 g/mol. The van der Waals surface area contributed by atoms with Gasteiger partial charge < -0.3 is 10.6 Å². The highest BCUT2D eigenvalue weighted by Gasteiger charge is 2.14. The molecule has 23 heavy (non-hydrogen) atoms. The molecule has 4 nitrogen and oxygen atoms in total. The van der Waals surface area contributed by atoms with Gasteiger partial charge in [0.05, 0.1) is 0 Å². The van der Waals surface area contributed by atoms with Crippen molar-refractivity contribution in [3.8, 4) is 0 Å². The zero-order valence-corrected chi connectivity index (χ0v) is 14.2. The van der Waals surface area contributed by atoms with Gasteiger partial charge in [-0.15, -0.1) is 0 Å². The number of rotatable bonds is 5. The summed E-state index contributed by atoms with van der Waals surface area (Å²) in [5.41, 5.74) is 2.00. The molecule has 0 radical (unpaired) electrons. The molecule has 1 heterocycles. The van der Waals surface area contributed by atoms with E-state index in [1.165, 1.54) is 32.1 Å². The fourth-order valence-corrected chi connectivity index (χ4v) is 3.20. The van der Waals surface area contributed by atoms with Crippen molar-refractivity contribution < 1.29 is 0 Å². The summed E-state index contributed by atoms with van der Waals surface area (Å²) in [5.74, 6) is 1.55. The zero-order valence-electron chi connectivity index (χ0n) is 13.5. The number of anilines is 2. The molecule has 2 aromatic rings. The predicted molar refractivity (Wildman–Crippen MR) is 96.0 cm³/mol. The third kappa shape index (κ3) is 4.58. The molecule has 0 amide bonds. The smallest absolute Gasteiger partial charge is 0.225 e. The van der Waals surface area contributed by atoms with Crippen molar-refractivity contribution in [2.45, 2.75) is 51.6 Å². The molecule has 0 atom stereocenters. The van der Waals surface area contributed by atoms with E-state index in [1.807, 2.05) is 37.3 Å². The van der Waals surface area contributed by atoms with Gasteiger partial charge in [-0.05, 0) is 31.4 Å². The largest absolute Gasteiger partial charge is 0.367 e. The van der Waals surface area contributed by atoms with E-state index < -0.39 is 0 Å². The Balaban J connectivity index is 1.66. The van der Waals surface area contributed by atoms with E-state index in [-0.39, 0.29) is 0 Å². The number of hydrogen-bond acceptors (Lipinski definition) is 4. The molecule has 3 rings (SSSR count). The molecule has 0 saturated heterocycles. The molecule has 1 aliphatic rings. The lowest BCUT2D eigenvalue weighted by Crippen LogP contribution is -2.23. The molecule has 0 spiro atoms. The maximum Gasteiger partial charge on any atom is 0.225 e. The van der Waals surface area contributed by atoms with Crippen LogP contribution < -0.4 is 10.6 Å². The van der Waals surface area contributed by atoms with Gasteiger partial charge in [0.15, 0.2) is 0 Å². The summed E-state index contributed by atoms with van der Waals surface area (Å²) in [6.45, 7) is 2.61. The van der Waals surface area contributed by atoms with Crippen LogP contribution in [0.15, 0.2) is 30.3 Å². The quantitative estimate of drug-likeness (QED) is 0.827. The molecule has 0 unspecified atom stereocenters. The van der Waals surface area contributed by atoms with Gasteiger partial charge in [0.2, 0.25) is 5.95 Å². The normalized spacial score (nSPS) is 15.4. The second-order valence-electron chi connectivity index (χ2n) is 6.14. The molecule has 5 heteroatoms. The first-order valence-electron chi connectivity index (χ1n) is 8.30. The summed E-state index contributed by atoms with van der Waals surface area (Å²) in [6, 6.07) is 10.4. The van der Waals surface area contributed by atoms with Crippen LogP contribution in [0.2, 0.25) is 5.02 Å². The molecule has 1 fully saturated rings. The predicted octanol–water partition coefficient (Wildman–Crippen LogP) is 4.80. The third-order valence-electron chi connectivity index (χ3n) is 4.21. The monoisotopic (exact) mass is 330 g/mol. The topological polar surface area (TPSA) is 49.8 Å². The Labute approximate surface area is 142 Å². The van der Waals surface area contributed by atoms with Gasteiger partial charge in [-0.3, -0.25) is 0 Å². The van der Waals surface area contributed by atoms with E-state index >= 15 is 0 Å². The third-order valence-corrected chi connectivity index (χ3v) is 4.57. The maximum atomic E-state index is 6.19. The van der Waals surface area contributed by atoms with Gasteiger partial charge in [-0.1, -0.05) is 49.1 Å². The minimum atomic E-state index is 0.537. The molecule has 1 aromatic heterocycles. The highest BCUT2D eigenvalue weighted by Crippen LogP contribution is 2.22. The first kappa shape index (κ1) is 16.1. The van der Waals surface area contributed by atoms with E-state index in [9.17, 15) is 0 Å². The Bertz CT molecular complexity index is 653. The molecular formula is C18H23ClN4. The molecule has 0 aliphatic heterocycles. The van der Waals surface area contributed by atoms with Crippen molar-refractivity contribution in [2.75, 3.05) is 10.6 Å². The molecule has 122 valence electrons. The van der Waals surface area contributed by atoms with Crippen LogP contribution in [0.4, 0.5) is 11.8 Å². The number of benzene rings is 1. The van der Waals surface area contributed by atoms with E-state index in [2.05, 4.69) is 20.6 Å². The lowest BCUT2D eigenvalue weighted by atomic mass is 9.95. The molecule has 1 saturated carbocycles.